The quantitative estimate of drug-likeness (QED) is 0.405. The number of nitrogens with one attached hydrogen (secondary N) is 2. The van der Waals surface area contributed by atoms with Crippen molar-refractivity contribution < 1.29 is 9.59 Å². The summed E-state index contributed by atoms with van der Waals surface area (Å²) in [4.78, 5) is 43.3. The number of pyridine rings is 2. The molecule has 0 unspecified atom stereocenters. The van der Waals surface area contributed by atoms with Crippen LogP contribution in [-0.2, 0) is 0 Å². The predicted molar refractivity (Wildman–Crippen MR) is 125 cm³/mol. The van der Waals surface area contributed by atoms with Crippen molar-refractivity contribution in [2.45, 2.75) is 13.8 Å². The molecule has 2 N–H and O–H groups in total. The summed E-state index contributed by atoms with van der Waals surface area (Å²) in [5.74, 6) is -0.422. The second-order valence-corrected chi connectivity index (χ2v) is 8.86. The SMILES string of the molecule is Cc1nc(-c2cccnc2)sc1C(=O)NCCNC(=O)c1sc(-c2cccnc2)nc1C. The van der Waals surface area contributed by atoms with Crippen LogP contribution in [0.5, 0.6) is 0 Å². The summed E-state index contributed by atoms with van der Waals surface area (Å²) in [5, 5.41) is 7.17. The van der Waals surface area contributed by atoms with Gasteiger partial charge in [-0.05, 0) is 38.1 Å². The molecule has 0 fully saturated rings. The largest absolute Gasteiger partial charge is 0.350 e. The molecule has 0 radical (unpaired) electrons. The summed E-state index contributed by atoms with van der Waals surface area (Å²) >= 11 is 2.64. The number of amides is 2. The molecule has 0 saturated carbocycles. The molecule has 0 aliphatic carbocycles. The zero-order valence-corrected chi connectivity index (χ0v) is 19.1. The second-order valence-electron chi connectivity index (χ2n) is 6.86. The number of hydrogen-bond donors (Lipinski definition) is 2. The molecule has 4 heterocycles. The van der Waals surface area contributed by atoms with Gasteiger partial charge in [-0.1, -0.05) is 0 Å². The molecule has 4 aromatic heterocycles. The van der Waals surface area contributed by atoms with E-state index < -0.39 is 0 Å². The summed E-state index contributed by atoms with van der Waals surface area (Å²) < 4.78 is 0. The maximum absolute atomic E-state index is 12.6. The third-order valence-corrected chi connectivity index (χ3v) is 6.93. The summed E-state index contributed by atoms with van der Waals surface area (Å²) in [7, 11) is 0. The van der Waals surface area contributed by atoms with Gasteiger partial charge in [-0.3, -0.25) is 19.6 Å². The lowest BCUT2D eigenvalue weighted by Gasteiger charge is -2.06. The first kappa shape index (κ1) is 21.7. The highest BCUT2D eigenvalue weighted by molar-refractivity contribution is 7.17. The molecule has 32 heavy (non-hydrogen) atoms. The Morgan fingerprint density at radius 2 is 1.22 bits per heavy atom. The van der Waals surface area contributed by atoms with Crippen LogP contribution in [0.1, 0.15) is 30.7 Å². The first-order valence-electron chi connectivity index (χ1n) is 9.85. The van der Waals surface area contributed by atoms with Gasteiger partial charge in [-0.15, -0.1) is 22.7 Å². The van der Waals surface area contributed by atoms with Gasteiger partial charge in [0.2, 0.25) is 0 Å². The third-order valence-electron chi connectivity index (χ3n) is 4.52. The lowest BCUT2D eigenvalue weighted by molar-refractivity contribution is 0.0931. The van der Waals surface area contributed by atoms with Crippen LogP contribution in [0.3, 0.4) is 0 Å². The predicted octanol–water partition coefficient (Wildman–Crippen LogP) is 3.50. The molecule has 0 aliphatic rings. The molecule has 0 bridgehead atoms. The Bertz CT molecular complexity index is 1140. The summed E-state index contributed by atoms with van der Waals surface area (Å²) in [6, 6.07) is 7.48. The molecule has 0 saturated heterocycles. The Kier molecular flexibility index (Phi) is 6.62. The van der Waals surface area contributed by atoms with Crippen LogP contribution in [0.4, 0.5) is 0 Å². The normalized spacial score (nSPS) is 10.7. The molecular weight excluding hydrogens is 444 g/mol. The molecule has 2 amide bonds. The van der Waals surface area contributed by atoms with Crippen LogP contribution in [0.15, 0.2) is 49.1 Å². The van der Waals surface area contributed by atoms with Crippen molar-refractivity contribution in [3.63, 3.8) is 0 Å². The topological polar surface area (TPSA) is 110 Å². The highest BCUT2D eigenvalue weighted by Crippen LogP contribution is 2.28. The van der Waals surface area contributed by atoms with Crippen molar-refractivity contribution in [1.29, 1.82) is 0 Å². The molecule has 0 atom stereocenters. The van der Waals surface area contributed by atoms with E-state index in [1.54, 1.807) is 38.6 Å². The minimum atomic E-state index is -0.211. The first-order chi connectivity index (χ1) is 15.5. The monoisotopic (exact) mass is 464 g/mol. The molecule has 10 heteroatoms. The fraction of sp³-hybridized carbons (Fsp3) is 0.182. The van der Waals surface area contributed by atoms with E-state index in [2.05, 4.69) is 30.6 Å². The standard InChI is InChI=1S/C22H20N6O2S2/c1-13-17(31-21(27-13)15-5-3-7-23-11-15)19(29)25-9-10-26-20(30)18-14(2)28-22(32-18)16-6-4-8-24-12-16/h3-8,11-12H,9-10H2,1-2H3,(H,25,29)(H,26,30). The van der Waals surface area contributed by atoms with Gasteiger partial charge < -0.3 is 10.6 Å². The Morgan fingerprint density at radius 1 is 0.781 bits per heavy atom. The number of carbonyl (C=O) groups excluding carboxylic acids is 2. The molecule has 162 valence electrons. The first-order valence-corrected chi connectivity index (χ1v) is 11.5. The smallest absolute Gasteiger partial charge is 0.263 e. The number of hydrogen-bond acceptors (Lipinski definition) is 8. The Balaban J connectivity index is 1.31. The van der Waals surface area contributed by atoms with Crippen LogP contribution in [0, 0.1) is 13.8 Å². The van der Waals surface area contributed by atoms with E-state index in [0.29, 0.717) is 34.2 Å². The van der Waals surface area contributed by atoms with Crippen molar-refractivity contribution in [3.05, 3.63) is 70.2 Å². The maximum atomic E-state index is 12.6. The summed E-state index contributed by atoms with van der Waals surface area (Å²) in [5.41, 5.74) is 3.08. The van der Waals surface area contributed by atoms with Gasteiger partial charge in [0.1, 0.15) is 19.8 Å². The van der Waals surface area contributed by atoms with Gasteiger partial charge >= 0.3 is 0 Å². The lowest BCUT2D eigenvalue weighted by atomic mass is 10.3. The van der Waals surface area contributed by atoms with E-state index in [4.69, 9.17) is 0 Å². The van der Waals surface area contributed by atoms with Crippen LogP contribution in [0.25, 0.3) is 21.1 Å². The van der Waals surface area contributed by atoms with E-state index in [1.165, 1.54) is 22.7 Å². The van der Waals surface area contributed by atoms with Crippen LogP contribution in [-0.4, -0.2) is 44.8 Å². The number of rotatable bonds is 7. The number of nitrogens with zero attached hydrogens (tertiary/aromatic N) is 4. The van der Waals surface area contributed by atoms with E-state index in [0.717, 1.165) is 21.1 Å². The van der Waals surface area contributed by atoms with Crippen molar-refractivity contribution in [2.24, 2.45) is 0 Å². The number of thiazole rings is 2. The van der Waals surface area contributed by atoms with Gasteiger partial charge in [0, 0.05) is 49.0 Å². The molecule has 0 aliphatic heterocycles. The minimum absolute atomic E-state index is 0.211. The molecule has 8 nitrogen and oxygen atoms in total. The minimum Gasteiger partial charge on any atom is -0.350 e. The van der Waals surface area contributed by atoms with Crippen molar-refractivity contribution in [3.8, 4) is 21.1 Å². The van der Waals surface area contributed by atoms with E-state index in [9.17, 15) is 9.59 Å². The Labute approximate surface area is 192 Å². The average molecular weight is 465 g/mol. The highest BCUT2D eigenvalue weighted by Gasteiger charge is 2.18. The molecular formula is C22H20N6O2S2. The Morgan fingerprint density at radius 3 is 1.59 bits per heavy atom. The molecule has 0 spiro atoms. The lowest BCUT2D eigenvalue weighted by Crippen LogP contribution is -2.34. The van der Waals surface area contributed by atoms with Crippen LogP contribution < -0.4 is 10.6 Å². The number of aryl methyl sites for hydroxylation is 2. The fourth-order valence-corrected chi connectivity index (χ4v) is 4.90. The van der Waals surface area contributed by atoms with E-state index in [1.807, 2.05) is 24.3 Å². The average Bonchev–Trinajstić information content (AvgIpc) is 3.40. The van der Waals surface area contributed by atoms with Gasteiger partial charge in [-0.2, -0.15) is 0 Å². The van der Waals surface area contributed by atoms with Gasteiger partial charge in [0.25, 0.3) is 11.8 Å². The van der Waals surface area contributed by atoms with Crippen molar-refractivity contribution in [2.75, 3.05) is 13.1 Å². The van der Waals surface area contributed by atoms with Gasteiger partial charge in [0.15, 0.2) is 0 Å². The second kappa shape index (κ2) is 9.75. The summed E-state index contributed by atoms with van der Waals surface area (Å²) in [6.07, 6.45) is 6.83. The maximum Gasteiger partial charge on any atom is 0.263 e. The van der Waals surface area contributed by atoms with E-state index in [-0.39, 0.29) is 11.8 Å². The van der Waals surface area contributed by atoms with Crippen molar-refractivity contribution in [1.82, 2.24) is 30.6 Å². The van der Waals surface area contributed by atoms with E-state index >= 15 is 0 Å². The zero-order chi connectivity index (χ0) is 22.5. The van der Waals surface area contributed by atoms with Crippen LogP contribution in [0.2, 0.25) is 0 Å². The van der Waals surface area contributed by atoms with Crippen molar-refractivity contribution >= 4 is 34.5 Å². The molecule has 0 aromatic carbocycles. The van der Waals surface area contributed by atoms with Crippen LogP contribution >= 0.6 is 22.7 Å². The number of carbonyl (C=O) groups is 2. The fourth-order valence-electron chi connectivity index (χ4n) is 2.95. The third kappa shape index (κ3) is 4.87. The highest BCUT2D eigenvalue weighted by atomic mass is 32.1. The molecule has 4 rings (SSSR count). The zero-order valence-electron chi connectivity index (χ0n) is 17.5. The van der Waals surface area contributed by atoms with Gasteiger partial charge in [-0.25, -0.2) is 9.97 Å². The molecule has 4 aromatic rings. The Hall–Kier alpha value is -3.50. The van der Waals surface area contributed by atoms with Gasteiger partial charge in [0.05, 0.1) is 11.4 Å². The summed E-state index contributed by atoms with van der Waals surface area (Å²) in [6.45, 7) is 4.22. The number of aromatic nitrogens is 4.